The molecule has 0 saturated carbocycles. The van der Waals surface area contributed by atoms with Crippen molar-refractivity contribution in [3.63, 3.8) is 0 Å². The van der Waals surface area contributed by atoms with Gasteiger partial charge in [0.15, 0.2) is 0 Å². The molecule has 1 atom stereocenters. The minimum absolute atomic E-state index is 0.0881. The Balaban J connectivity index is 2.63. The van der Waals surface area contributed by atoms with Crippen molar-refractivity contribution in [3.05, 3.63) is 33.3 Å². The minimum Gasteiger partial charge on any atom is -0.492 e. The molecular formula is C12H15ClN2O5. The van der Waals surface area contributed by atoms with Gasteiger partial charge in [-0.3, -0.25) is 14.9 Å². The third-order valence-corrected chi connectivity index (χ3v) is 2.85. The zero-order valence-corrected chi connectivity index (χ0v) is 11.6. The van der Waals surface area contributed by atoms with Crippen LogP contribution in [0.1, 0.15) is 13.3 Å². The Bertz CT molecular complexity index is 495. The fraction of sp³-hybridized carbons (Fsp3) is 0.417. The molecule has 0 spiro atoms. The van der Waals surface area contributed by atoms with Gasteiger partial charge in [-0.1, -0.05) is 18.5 Å². The fourth-order valence-corrected chi connectivity index (χ4v) is 1.73. The van der Waals surface area contributed by atoms with Gasteiger partial charge in [0, 0.05) is 12.5 Å². The molecule has 20 heavy (non-hydrogen) atoms. The Morgan fingerprint density at radius 2 is 2.30 bits per heavy atom. The van der Waals surface area contributed by atoms with Crippen molar-refractivity contribution in [2.24, 2.45) is 0 Å². The summed E-state index contributed by atoms with van der Waals surface area (Å²) >= 11 is 5.86. The number of benzene rings is 1. The van der Waals surface area contributed by atoms with Gasteiger partial charge in [-0.25, -0.2) is 0 Å². The zero-order valence-electron chi connectivity index (χ0n) is 10.8. The molecule has 0 saturated heterocycles. The topological polar surface area (TPSA) is 102 Å². The number of aliphatic carboxylic acids is 1. The first-order valence-corrected chi connectivity index (χ1v) is 6.36. The average Bonchev–Trinajstić information content (AvgIpc) is 2.39. The lowest BCUT2D eigenvalue weighted by Crippen LogP contribution is -2.37. The van der Waals surface area contributed by atoms with Gasteiger partial charge in [0.05, 0.1) is 22.6 Å². The van der Waals surface area contributed by atoms with Crippen LogP contribution >= 0.6 is 11.6 Å². The molecule has 1 unspecified atom stereocenters. The second-order valence-electron chi connectivity index (χ2n) is 3.96. The van der Waals surface area contributed by atoms with Crippen LogP contribution in [0.15, 0.2) is 18.2 Å². The van der Waals surface area contributed by atoms with Crippen LogP contribution < -0.4 is 10.1 Å². The number of ether oxygens (including phenoxy) is 1. The highest BCUT2D eigenvalue weighted by atomic mass is 35.5. The normalized spacial score (nSPS) is 11.9. The Morgan fingerprint density at radius 1 is 1.60 bits per heavy atom. The first kappa shape index (κ1) is 16.2. The van der Waals surface area contributed by atoms with Crippen molar-refractivity contribution >= 4 is 23.3 Å². The molecule has 0 bridgehead atoms. The van der Waals surface area contributed by atoms with Crippen LogP contribution in [-0.4, -0.2) is 35.2 Å². The maximum Gasteiger partial charge on any atom is 0.320 e. The fourth-order valence-electron chi connectivity index (χ4n) is 1.56. The lowest BCUT2D eigenvalue weighted by molar-refractivity contribution is -0.384. The second-order valence-corrected chi connectivity index (χ2v) is 4.36. The van der Waals surface area contributed by atoms with E-state index in [1.54, 1.807) is 6.92 Å². The molecule has 0 amide bonds. The summed E-state index contributed by atoms with van der Waals surface area (Å²) in [6, 6.07) is 3.13. The third-order valence-electron chi connectivity index (χ3n) is 2.54. The largest absolute Gasteiger partial charge is 0.492 e. The molecule has 0 aromatic heterocycles. The van der Waals surface area contributed by atoms with Crippen LogP contribution in [0.2, 0.25) is 5.02 Å². The SMILES string of the molecule is CCNC(CCOc1cc([N+](=O)[O-])ccc1Cl)C(=O)O. The van der Waals surface area contributed by atoms with Gasteiger partial charge in [0.25, 0.3) is 5.69 Å². The number of rotatable bonds is 8. The maximum atomic E-state index is 10.9. The monoisotopic (exact) mass is 302 g/mol. The standard InChI is InChI=1S/C12H15ClN2O5/c1-2-14-10(12(16)17)5-6-20-11-7-8(15(18)19)3-4-9(11)13/h3-4,7,10,14H,2,5-6H2,1H3,(H,16,17). The third kappa shape index (κ3) is 4.67. The number of nitrogens with zero attached hydrogens (tertiary/aromatic N) is 1. The molecule has 1 aromatic carbocycles. The number of hydrogen-bond donors (Lipinski definition) is 2. The number of non-ortho nitro benzene ring substituents is 1. The summed E-state index contributed by atoms with van der Waals surface area (Å²) < 4.78 is 5.31. The molecular weight excluding hydrogens is 288 g/mol. The van der Waals surface area contributed by atoms with Gasteiger partial charge >= 0.3 is 5.97 Å². The van der Waals surface area contributed by atoms with E-state index in [9.17, 15) is 14.9 Å². The van der Waals surface area contributed by atoms with E-state index in [0.29, 0.717) is 6.54 Å². The molecule has 0 aliphatic carbocycles. The maximum absolute atomic E-state index is 10.9. The summed E-state index contributed by atoms with van der Waals surface area (Å²) in [6.45, 7) is 2.41. The summed E-state index contributed by atoms with van der Waals surface area (Å²) in [5.74, 6) is -0.804. The highest BCUT2D eigenvalue weighted by Gasteiger charge is 2.16. The number of halogens is 1. The summed E-state index contributed by atoms with van der Waals surface area (Å²) in [4.78, 5) is 21.0. The molecule has 0 aliphatic rings. The molecule has 7 nitrogen and oxygen atoms in total. The van der Waals surface area contributed by atoms with E-state index < -0.39 is 16.9 Å². The zero-order chi connectivity index (χ0) is 15.1. The van der Waals surface area contributed by atoms with Gasteiger partial charge in [-0.15, -0.1) is 0 Å². The first-order chi connectivity index (χ1) is 9.45. The lowest BCUT2D eigenvalue weighted by atomic mass is 10.2. The number of carboxylic acids is 1. The smallest absolute Gasteiger partial charge is 0.320 e. The minimum atomic E-state index is -0.972. The van der Waals surface area contributed by atoms with Crippen molar-refractivity contribution in [2.45, 2.75) is 19.4 Å². The molecule has 1 aromatic rings. The number of likely N-dealkylation sites (N-methyl/N-ethyl adjacent to an activating group) is 1. The number of nitro groups is 1. The number of carboxylic acid groups (broad SMARTS) is 1. The molecule has 2 N–H and O–H groups in total. The van der Waals surface area contributed by atoms with Gasteiger partial charge in [0.2, 0.25) is 0 Å². The predicted octanol–water partition coefficient (Wildman–Crippen LogP) is 2.08. The van der Waals surface area contributed by atoms with Gasteiger partial charge in [-0.2, -0.15) is 0 Å². The Hall–Kier alpha value is -1.86. The van der Waals surface area contributed by atoms with Crippen molar-refractivity contribution in [1.82, 2.24) is 5.32 Å². The van der Waals surface area contributed by atoms with Crippen LogP contribution in [0, 0.1) is 10.1 Å². The van der Waals surface area contributed by atoms with Crippen molar-refractivity contribution in [1.29, 1.82) is 0 Å². The van der Waals surface area contributed by atoms with Crippen molar-refractivity contribution < 1.29 is 19.6 Å². The lowest BCUT2D eigenvalue weighted by Gasteiger charge is -2.14. The number of nitro benzene ring substituents is 1. The summed E-state index contributed by atoms with van der Waals surface area (Å²) in [7, 11) is 0. The highest BCUT2D eigenvalue weighted by molar-refractivity contribution is 6.32. The van der Waals surface area contributed by atoms with Gasteiger partial charge in [-0.05, 0) is 12.6 Å². The van der Waals surface area contributed by atoms with E-state index in [1.165, 1.54) is 18.2 Å². The van der Waals surface area contributed by atoms with E-state index in [2.05, 4.69) is 5.32 Å². The van der Waals surface area contributed by atoms with Crippen LogP contribution in [-0.2, 0) is 4.79 Å². The van der Waals surface area contributed by atoms with Crippen LogP contribution in [0.5, 0.6) is 5.75 Å². The van der Waals surface area contributed by atoms with E-state index in [-0.39, 0.29) is 29.5 Å². The van der Waals surface area contributed by atoms with E-state index in [4.69, 9.17) is 21.4 Å². The summed E-state index contributed by atoms with van der Waals surface area (Å²) in [5, 5.41) is 22.6. The Morgan fingerprint density at radius 3 is 2.85 bits per heavy atom. The first-order valence-electron chi connectivity index (χ1n) is 5.98. The molecule has 110 valence electrons. The number of carbonyl (C=O) groups is 1. The number of hydrogen-bond acceptors (Lipinski definition) is 5. The molecule has 0 aliphatic heterocycles. The number of nitrogens with one attached hydrogen (secondary N) is 1. The van der Waals surface area contributed by atoms with Crippen LogP contribution in [0.4, 0.5) is 5.69 Å². The van der Waals surface area contributed by atoms with Gasteiger partial charge < -0.3 is 15.2 Å². The van der Waals surface area contributed by atoms with Crippen molar-refractivity contribution in [3.8, 4) is 5.75 Å². The van der Waals surface area contributed by atoms with Crippen molar-refractivity contribution in [2.75, 3.05) is 13.2 Å². The molecule has 0 fully saturated rings. The summed E-state index contributed by atoms with van der Waals surface area (Å²) in [6.07, 6.45) is 0.224. The average molecular weight is 303 g/mol. The highest BCUT2D eigenvalue weighted by Crippen LogP contribution is 2.28. The quantitative estimate of drug-likeness (QED) is 0.563. The van der Waals surface area contributed by atoms with E-state index in [0.717, 1.165) is 0 Å². The van der Waals surface area contributed by atoms with E-state index in [1.807, 2.05) is 0 Å². The predicted molar refractivity (Wildman–Crippen MR) is 73.3 cm³/mol. The second kappa shape index (κ2) is 7.66. The Kier molecular flexibility index (Phi) is 6.20. The Labute approximate surface area is 120 Å². The van der Waals surface area contributed by atoms with E-state index >= 15 is 0 Å². The van der Waals surface area contributed by atoms with Gasteiger partial charge in [0.1, 0.15) is 11.8 Å². The summed E-state index contributed by atoms with van der Waals surface area (Å²) in [5.41, 5.74) is -0.133. The molecule has 0 heterocycles. The molecule has 8 heteroatoms. The molecule has 0 radical (unpaired) electrons. The molecule has 1 rings (SSSR count). The van der Waals surface area contributed by atoms with Crippen LogP contribution in [0.25, 0.3) is 0 Å². The van der Waals surface area contributed by atoms with Crippen LogP contribution in [0.3, 0.4) is 0 Å².